The van der Waals surface area contributed by atoms with Crippen LogP contribution < -0.4 is 5.73 Å². The van der Waals surface area contributed by atoms with Crippen molar-refractivity contribution in [2.24, 2.45) is 11.7 Å². The zero-order chi connectivity index (χ0) is 14.9. The van der Waals surface area contributed by atoms with E-state index in [-0.39, 0.29) is 5.54 Å². The molecule has 2 aromatic rings. The normalized spacial score (nSPS) is 26.3. The Bertz CT molecular complexity index is 622. The van der Waals surface area contributed by atoms with Gasteiger partial charge in [0.05, 0.1) is 23.2 Å². The van der Waals surface area contributed by atoms with Crippen LogP contribution >= 0.6 is 0 Å². The van der Waals surface area contributed by atoms with Gasteiger partial charge in [0, 0.05) is 13.7 Å². The Labute approximate surface area is 126 Å². The molecule has 1 fully saturated rings. The fourth-order valence-corrected chi connectivity index (χ4v) is 3.66. The van der Waals surface area contributed by atoms with E-state index in [1.165, 1.54) is 12.8 Å². The lowest BCUT2D eigenvalue weighted by Gasteiger charge is -2.36. The molecule has 1 aliphatic carbocycles. The van der Waals surface area contributed by atoms with Gasteiger partial charge in [-0.15, -0.1) is 0 Å². The van der Waals surface area contributed by atoms with Gasteiger partial charge in [-0.2, -0.15) is 0 Å². The van der Waals surface area contributed by atoms with Gasteiger partial charge in [-0.05, 0) is 30.9 Å². The van der Waals surface area contributed by atoms with Crippen molar-refractivity contribution in [2.75, 3.05) is 13.7 Å². The number of nitrogens with zero attached hydrogens (tertiary/aromatic N) is 2. The molecule has 21 heavy (non-hydrogen) atoms. The number of hydrogen-bond acceptors (Lipinski definition) is 3. The second-order valence-corrected chi connectivity index (χ2v) is 6.43. The number of methoxy groups -OCH3 is 1. The van der Waals surface area contributed by atoms with E-state index in [2.05, 4.69) is 29.7 Å². The number of nitrogens with two attached hydrogens (primary N) is 1. The van der Waals surface area contributed by atoms with Crippen molar-refractivity contribution in [3.63, 3.8) is 0 Å². The molecule has 1 heterocycles. The summed E-state index contributed by atoms with van der Waals surface area (Å²) in [4.78, 5) is 4.88. The van der Waals surface area contributed by atoms with Gasteiger partial charge in [0.25, 0.3) is 0 Å². The summed E-state index contributed by atoms with van der Waals surface area (Å²) < 4.78 is 7.53. The van der Waals surface area contributed by atoms with Crippen molar-refractivity contribution < 1.29 is 4.74 Å². The first kappa shape index (κ1) is 14.5. The summed E-state index contributed by atoms with van der Waals surface area (Å²) >= 11 is 0. The van der Waals surface area contributed by atoms with Crippen molar-refractivity contribution in [1.29, 1.82) is 0 Å². The number of fused-ring (bicyclic) bond motifs is 1. The standard InChI is InChI=1S/C17H25N3O/c1-13-6-5-9-17(18,12-13)16-19-14-7-3-4-8-15(14)20(16)10-11-21-2/h3-4,7-8,13H,5-6,9-12,18H2,1-2H3. The third kappa shape index (κ3) is 2.70. The molecule has 4 nitrogen and oxygen atoms in total. The molecular weight excluding hydrogens is 262 g/mol. The molecule has 0 bridgehead atoms. The van der Waals surface area contributed by atoms with Gasteiger partial charge >= 0.3 is 0 Å². The monoisotopic (exact) mass is 287 g/mol. The molecule has 0 spiro atoms. The molecule has 1 aliphatic rings. The third-order valence-electron chi connectivity index (χ3n) is 4.65. The first-order valence-corrected chi connectivity index (χ1v) is 7.87. The molecule has 0 aliphatic heterocycles. The van der Waals surface area contributed by atoms with E-state index in [0.29, 0.717) is 12.5 Å². The molecule has 114 valence electrons. The molecule has 1 aromatic carbocycles. The van der Waals surface area contributed by atoms with Crippen LogP contribution in [0.4, 0.5) is 0 Å². The highest BCUT2D eigenvalue weighted by Gasteiger charge is 2.37. The number of hydrogen-bond donors (Lipinski definition) is 1. The first-order valence-electron chi connectivity index (χ1n) is 7.87. The summed E-state index contributed by atoms with van der Waals surface area (Å²) in [6, 6.07) is 8.28. The maximum absolute atomic E-state index is 6.78. The topological polar surface area (TPSA) is 53.1 Å². The highest BCUT2D eigenvalue weighted by molar-refractivity contribution is 5.76. The quantitative estimate of drug-likeness (QED) is 0.940. The lowest BCUT2D eigenvalue weighted by Crippen LogP contribution is -2.43. The second-order valence-electron chi connectivity index (χ2n) is 6.43. The summed E-state index contributed by atoms with van der Waals surface area (Å²) in [5.74, 6) is 1.70. The second kappa shape index (κ2) is 5.78. The molecule has 2 unspecified atom stereocenters. The predicted octanol–water partition coefficient (Wildman–Crippen LogP) is 3.05. The molecule has 0 amide bonds. The number of rotatable bonds is 4. The van der Waals surface area contributed by atoms with E-state index in [4.69, 9.17) is 15.5 Å². The molecular formula is C17H25N3O. The summed E-state index contributed by atoms with van der Waals surface area (Å²) in [6.45, 7) is 3.78. The van der Waals surface area contributed by atoms with Gasteiger partial charge in [0.1, 0.15) is 5.82 Å². The molecule has 0 radical (unpaired) electrons. The molecule has 0 saturated heterocycles. The minimum absolute atomic E-state index is 0.301. The van der Waals surface area contributed by atoms with Crippen molar-refractivity contribution in [1.82, 2.24) is 9.55 Å². The number of imidazole rings is 1. The van der Waals surface area contributed by atoms with Gasteiger partial charge in [-0.3, -0.25) is 0 Å². The molecule has 3 rings (SSSR count). The van der Waals surface area contributed by atoms with Gasteiger partial charge in [-0.25, -0.2) is 4.98 Å². The van der Waals surface area contributed by atoms with Gasteiger partial charge in [0.2, 0.25) is 0 Å². The highest BCUT2D eigenvalue weighted by atomic mass is 16.5. The van der Waals surface area contributed by atoms with Crippen molar-refractivity contribution in [3.05, 3.63) is 30.1 Å². The van der Waals surface area contributed by atoms with E-state index in [9.17, 15) is 0 Å². The molecule has 2 atom stereocenters. The fraction of sp³-hybridized carbons (Fsp3) is 0.588. The van der Waals surface area contributed by atoms with Crippen LogP contribution in [0.2, 0.25) is 0 Å². The molecule has 1 saturated carbocycles. The maximum atomic E-state index is 6.78. The third-order valence-corrected chi connectivity index (χ3v) is 4.65. The fourth-order valence-electron chi connectivity index (χ4n) is 3.66. The van der Waals surface area contributed by atoms with Crippen molar-refractivity contribution in [2.45, 2.75) is 44.7 Å². The number of aromatic nitrogens is 2. The van der Waals surface area contributed by atoms with E-state index in [0.717, 1.165) is 36.2 Å². The highest BCUT2D eigenvalue weighted by Crippen LogP contribution is 2.38. The van der Waals surface area contributed by atoms with E-state index in [1.807, 2.05) is 6.07 Å². The van der Waals surface area contributed by atoms with Crippen LogP contribution in [0.1, 0.15) is 38.4 Å². The average molecular weight is 287 g/mol. The van der Waals surface area contributed by atoms with Crippen LogP contribution in [-0.2, 0) is 16.8 Å². The minimum Gasteiger partial charge on any atom is -0.383 e. The maximum Gasteiger partial charge on any atom is 0.130 e. The Morgan fingerprint density at radius 3 is 3.00 bits per heavy atom. The number of benzene rings is 1. The summed E-state index contributed by atoms with van der Waals surface area (Å²) in [5, 5.41) is 0. The largest absolute Gasteiger partial charge is 0.383 e. The van der Waals surface area contributed by atoms with Crippen LogP contribution in [0.5, 0.6) is 0 Å². The Balaban J connectivity index is 2.07. The molecule has 4 heteroatoms. The first-order chi connectivity index (χ1) is 10.1. The summed E-state index contributed by atoms with van der Waals surface area (Å²) in [5.41, 5.74) is 8.68. The molecule has 1 aromatic heterocycles. The SMILES string of the molecule is COCCn1c(C2(N)CCCC(C)C2)nc2ccccc21. The number of para-hydroxylation sites is 2. The van der Waals surface area contributed by atoms with E-state index < -0.39 is 0 Å². The Morgan fingerprint density at radius 2 is 2.24 bits per heavy atom. The van der Waals surface area contributed by atoms with Gasteiger partial charge in [0.15, 0.2) is 0 Å². The summed E-state index contributed by atoms with van der Waals surface area (Å²) in [7, 11) is 1.74. The minimum atomic E-state index is -0.301. The smallest absolute Gasteiger partial charge is 0.130 e. The summed E-state index contributed by atoms with van der Waals surface area (Å²) in [6.07, 6.45) is 4.50. The van der Waals surface area contributed by atoms with Crippen LogP contribution in [0, 0.1) is 5.92 Å². The zero-order valence-corrected chi connectivity index (χ0v) is 13.0. The van der Waals surface area contributed by atoms with Crippen LogP contribution in [0.3, 0.4) is 0 Å². The van der Waals surface area contributed by atoms with Gasteiger partial charge < -0.3 is 15.0 Å². The average Bonchev–Trinajstić information content (AvgIpc) is 2.84. The van der Waals surface area contributed by atoms with Gasteiger partial charge in [-0.1, -0.05) is 31.9 Å². The Morgan fingerprint density at radius 1 is 1.43 bits per heavy atom. The lowest BCUT2D eigenvalue weighted by molar-refractivity contribution is 0.179. The van der Waals surface area contributed by atoms with Crippen LogP contribution in [0.15, 0.2) is 24.3 Å². The Hall–Kier alpha value is -1.39. The van der Waals surface area contributed by atoms with E-state index in [1.54, 1.807) is 7.11 Å². The van der Waals surface area contributed by atoms with Crippen LogP contribution in [0.25, 0.3) is 11.0 Å². The van der Waals surface area contributed by atoms with Crippen molar-refractivity contribution >= 4 is 11.0 Å². The Kier molecular flexibility index (Phi) is 4.00. The molecule has 2 N–H and O–H groups in total. The van der Waals surface area contributed by atoms with E-state index >= 15 is 0 Å². The number of ether oxygens (including phenoxy) is 1. The van der Waals surface area contributed by atoms with Crippen LogP contribution in [-0.4, -0.2) is 23.3 Å². The predicted molar refractivity (Wildman–Crippen MR) is 85.1 cm³/mol. The lowest BCUT2D eigenvalue weighted by atomic mass is 9.76. The van der Waals surface area contributed by atoms with Crippen molar-refractivity contribution in [3.8, 4) is 0 Å². The zero-order valence-electron chi connectivity index (χ0n) is 13.0.